The lowest BCUT2D eigenvalue weighted by molar-refractivity contribution is -0.117. The van der Waals surface area contributed by atoms with E-state index in [-0.39, 0.29) is 18.2 Å². The maximum absolute atomic E-state index is 10.8. The van der Waals surface area contributed by atoms with Crippen molar-refractivity contribution in [2.45, 2.75) is 6.42 Å². The number of amides is 1. The summed E-state index contributed by atoms with van der Waals surface area (Å²) in [4.78, 5) is 13.8. The molecule has 82 valence electrons. The smallest absolute Gasteiger partial charge is 0.221 e. The van der Waals surface area contributed by atoms with Gasteiger partial charge in [0.25, 0.3) is 0 Å². The van der Waals surface area contributed by atoms with E-state index in [4.69, 9.17) is 16.9 Å². The number of carbonyl (C=O) groups excluding carboxylic acids is 1. The number of hydrogen-bond donors (Lipinski definition) is 4. The second-order valence-corrected chi connectivity index (χ2v) is 3.64. The van der Waals surface area contributed by atoms with Gasteiger partial charge in [-0.3, -0.25) is 10.2 Å². The average molecular weight is 216 g/mol. The van der Waals surface area contributed by atoms with Crippen LogP contribution in [0.3, 0.4) is 0 Å². The molecule has 1 aromatic heterocycles. The predicted octanol–water partition coefficient (Wildman–Crippen LogP) is 0.480. The molecule has 0 atom stereocenters. The fourth-order valence-electron chi connectivity index (χ4n) is 1.70. The highest BCUT2D eigenvalue weighted by atomic mass is 16.1. The molecule has 5 nitrogen and oxygen atoms in total. The number of aromatic amines is 1. The standard InChI is InChI=1S/C11H12N4O/c12-10(16)4-6-1-2-9-7(3-6)8(5-15-9)11(13)14/h1-3,5,15H,4H2,(H2,12,16)(H3,13,14). The number of nitrogen functional groups attached to an aromatic ring is 1. The number of nitrogens with one attached hydrogen (secondary N) is 2. The molecule has 16 heavy (non-hydrogen) atoms. The van der Waals surface area contributed by atoms with Crippen LogP contribution in [-0.4, -0.2) is 16.7 Å². The quantitative estimate of drug-likeness (QED) is 0.442. The molecule has 0 radical (unpaired) electrons. The second-order valence-electron chi connectivity index (χ2n) is 3.64. The lowest BCUT2D eigenvalue weighted by atomic mass is 10.1. The molecule has 1 amide bonds. The number of amidine groups is 1. The van der Waals surface area contributed by atoms with E-state index in [9.17, 15) is 4.79 Å². The van der Waals surface area contributed by atoms with Gasteiger partial charge >= 0.3 is 0 Å². The van der Waals surface area contributed by atoms with Gasteiger partial charge < -0.3 is 16.5 Å². The van der Waals surface area contributed by atoms with Crippen molar-refractivity contribution >= 4 is 22.6 Å². The number of hydrogen-bond acceptors (Lipinski definition) is 2. The van der Waals surface area contributed by atoms with Crippen molar-refractivity contribution in [3.05, 3.63) is 35.5 Å². The van der Waals surface area contributed by atoms with Gasteiger partial charge in [0.05, 0.1) is 6.42 Å². The fraction of sp³-hybridized carbons (Fsp3) is 0.0909. The Morgan fingerprint density at radius 2 is 2.12 bits per heavy atom. The monoisotopic (exact) mass is 216 g/mol. The Kier molecular flexibility index (Phi) is 2.36. The Balaban J connectivity index is 2.54. The summed E-state index contributed by atoms with van der Waals surface area (Å²) in [5.74, 6) is -0.373. The van der Waals surface area contributed by atoms with Crippen LogP contribution < -0.4 is 11.5 Å². The third kappa shape index (κ3) is 1.75. The van der Waals surface area contributed by atoms with Gasteiger partial charge in [0.2, 0.25) is 5.91 Å². The van der Waals surface area contributed by atoms with Crippen LogP contribution in [0.1, 0.15) is 11.1 Å². The number of rotatable bonds is 3. The molecule has 0 aliphatic carbocycles. The van der Waals surface area contributed by atoms with E-state index in [0.717, 1.165) is 16.5 Å². The molecule has 0 saturated carbocycles. The third-order valence-corrected chi connectivity index (χ3v) is 2.41. The Bertz CT molecular complexity index is 570. The minimum atomic E-state index is -0.376. The Morgan fingerprint density at radius 3 is 2.75 bits per heavy atom. The van der Waals surface area contributed by atoms with Crippen molar-refractivity contribution in [1.82, 2.24) is 4.98 Å². The molecule has 6 N–H and O–H groups in total. The molecule has 0 aliphatic rings. The molecule has 0 bridgehead atoms. The summed E-state index contributed by atoms with van der Waals surface area (Å²) in [5, 5.41) is 8.25. The van der Waals surface area contributed by atoms with E-state index >= 15 is 0 Å². The number of primary amides is 1. The molecular formula is C11H12N4O. The molecule has 0 unspecified atom stereocenters. The highest BCUT2D eigenvalue weighted by molar-refractivity contribution is 6.07. The van der Waals surface area contributed by atoms with Crippen LogP contribution in [0, 0.1) is 5.41 Å². The van der Waals surface area contributed by atoms with Crippen molar-refractivity contribution < 1.29 is 4.79 Å². The summed E-state index contributed by atoms with van der Waals surface area (Å²) in [7, 11) is 0. The Labute approximate surface area is 91.9 Å². The van der Waals surface area contributed by atoms with Crippen LogP contribution in [0.2, 0.25) is 0 Å². The third-order valence-electron chi connectivity index (χ3n) is 2.41. The van der Waals surface area contributed by atoms with Crippen molar-refractivity contribution in [2.75, 3.05) is 0 Å². The average Bonchev–Trinajstić information content (AvgIpc) is 2.59. The SMILES string of the molecule is N=C(N)c1c[nH]c2ccc(CC(N)=O)cc12. The fourth-order valence-corrected chi connectivity index (χ4v) is 1.70. The number of nitrogens with two attached hydrogens (primary N) is 2. The second kappa shape index (κ2) is 3.69. The minimum Gasteiger partial charge on any atom is -0.384 e. The molecule has 1 heterocycles. The lowest BCUT2D eigenvalue weighted by Crippen LogP contribution is -2.13. The number of benzene rings is 1. The molecule has 1 aromatic carbocycles. The Hall–Kier alpha value is -2.30. The van der Waals surface area contributed by atoms with Gasteiger partial charge in [-0.25, -0.2) is 0 Å². The summed E-state index contributed by atoms with van der Waals surface area (Å²) in [6, 6.07) is 5.50. The zero-order valence-electron chi connectivity index (χ0n) is 8.58. The first-order valence-corrected chi connectivity index (χ1v) is 4.80. The molecular weight excluding hydrogens is 204 g/mol. The first-order valence-electron chi connectivity index (χ1n) is 4.80. The van der Waals surface area contributed by atoms with E-state index in [1.165, 1.54) is 0 Å². The number of aromatic nitrogens is 1. The van der Waals surface area contributed by atoms with Crippen LogP contribution >= 0.6 is 0 Å². The van der Waals surface area contributed by atoms with Crippen molar-refractivity contribution in [3.8, 4) is 0 Å². The molecule has 5 heteroatoms. The van der Waals surface area contributed by atoms with Crippen molar-refractivity contribution in [1.29, 1.82) is 5.41 Å². The normalized spacial score (nSPS) is 10.5. The minimum absolute atomic E-state index is 0.00229. The topological polar surface area (TPSA) is 109 Å². The first kappa shape index (κ1) is 10.2. The van der Waals surface area contributed by atoms with E-state index in [2.05, 4.69) is 4.98 Å². The van der Waals surface area contributed by atoms with E-state index < -0.39 is 0 Å². The molecule has 2 rings (SSSR count). The largest absolute Gasteiger partial charge is 0.384 e. The summed E-state index contributed by atoms with van der Waals surface area (Å²) < 4.78 is 0. The summed E-state index contributed by atoms with van der Waals surface area (Å²) >= 11 is 0. The maximum Gasteiger partial charge on any atom is 0.221 e. The van der Waals surface area contributed by atoms with Gasteiger partial charge in [-0.1, -0.05) is 6.07 Å². The van der Waals surface area contributed by atoms with Crippen LogP contribution in [-0.2, 0) is 11.2 Å². The van der Waals surface area contributed by atoms with Crippen LogP contribution in [0.5, 0.6) is 0 Å². The van der Waals surface area contributed by atoms with Crippen molar-refractivity contribution in [3.63, 3.8) is 0 Å². The predicted molar refractivity (Wildman–Crippen MR) is 62.2 cm³/mol. The van der Waals surface area contributed by atoms with Gasteiger partial charge in [-0.05, 0) is 17.7 Å². The number of carbonyl (C=O) groups is 1. The lowest BCUT2D eigenvalue weighted by Gasteiger charge is -2.00. The van der Waals surface area contributed by atoms with Gasteiger partial charge in [-0.15, -0.1) is 0 Å². The molecule has 0 spiro atoms. The molecule has 2 aromatic rings. The zero-order chi connectivity index (χ0) is 11.7. The molecule has 0 aliphatic heterocycles. The summed E-state index contributed by atoms with van der Waals surface area (Å²) in [6.07, 6.45) is 1.87. The van der Waals surface area contributed by atoms with Gasteiger partial charge in [0.1, 0.15) is 5.84 Å². The van der Waals surface area contributed by atoms with Gasteiger partial charge in [0, 0.05) is 22.7 Å². The van der Waals surface area contributed by atoms with Crippen molar-refractivity contribution in [2.24, 2.45) is 11.5 Å². The molecule has 0 fully saturated rings. The number of H-pyrrole nitrogens is 1. The van der Waals surface area contributed by atoms with E-state index in [1.54, 1.807) is 6.20 Å². The zero-order valence-corrected chi connectivity index (χ0v) is 8.58. The number of fused-ring (bicyclic) bond motifs is 1. The summed E-state index contributed by atoms with van der Waals surface area (Å²) in [6.45, 7) is 0. The van der Waals surface area contributed by atoms with Gasteiger partial charge in [-0.2, -0.15) is 0 Å². The summed E-state index contributed by atoms with van der Waals surface area (Å²) in [5.41, 5.74) is 12.9. The first-order chi connectivity index (χ1) is 7.58. The van der Waals surface area contributed by atoms with E-state index in [1.807, 2.05) is 18.2 Å². The van der Waals surface area contributed by atoms with Gasteiger partial charge in [0.15, 0.2) is 0 Å². The Morgan fingerprint density at radius 1 is 1.38 bits per heavy atom. The highest BCUT2D eigenvalue weighted by Crippen LogP contribution is 2.19. The van der Waals surface area contributed by atoms with Crippen LogP contribution in [0.25, 0.3) is 10.9 Å². The van der Waals surface area contributed by atoms with E-state index in [0.29, 0.717) is 5.56 Å². The molecule has 0 saturated heterocycles. The highest BCUT2D eigenvalue weighted by Gasteiger charge is 2.07. The maximum atomic E-state index is 10.8. The van der Waals surface area contributed by atoms with Crippen LogP contribution in [0.15, 0.2) is 24.4 Å². The van der Waals surface area contributed by atoms with Crippen LogP contribution in [0.4, 0.5) is 0 Å².